The molecule has 0 aliphatic carbocycles. The zero-order chi connectivity index (χ0) is 12.4. The van der Waals surface area contributed by atoms with Crippen molar-refractivity contribution in [1.29, 1.82) is 0 Å². The van der Waals surface area contributed by atoms with E-state index in [0.717, 1.165) is 22.5 Å². The largest absolute Gasteiger partial charge is 0.292 e. The van der Waals surface area contributed by atoms with Crippen molar-refractivity contribution < 1.29 is 4.79 Å². The van der Waals surface area contributed by atoms with Gasteiger partial charge in [0.1, 0.15) is 6.54 Å². The fourth-order valence-electron chi connectivity index (χ4n) is 1.79. The van der Waals surface area contributed by atoms with Gasteiger partial charge >= 0.3 is 0 Å². The molecule has 0 fully saturated rings. The zero-order valence-corrected chi connectivity index (χ0v) is 10.4. The summed E-state index contributed by atoms with van der Waals surface area (Å²) in [5, 5.41) is 4.37. The molecule has 17 heavy (non-hydrogen) atoms. The molecule has 0 saturated carbocycles. The van der Waals surface area contributed by atoms with Crippen LogP contribution in [0.3, 0.4) is 0 Å². The highest BCUT2D eigenvalue weighted by Gasteiger charge is 2.11. The summed E-state index contributed by atoms with van der Waals surface area (Å²) in [6.07, 6.45) is 0. The van der Waals surface area contributed by atoms with Gasteiger partial charge in [-0.05, 0) is 26.3 Å². The van der Waals surface area contributed by atoms with Gasteiger partial charge in [-0.3, -0.25) is 9.48 Å². The van der Waals surface area contributed by atoms with E-state index in [2.05, 4.69) is 5.10 Å². The second-order valence-corrected chi connectivity index (χ2v) is 4.24. The van der Waals surface area contributed by atoms with Crippen LogP contribution in [-0.2, 0) is 6.54 Å². The topological polar surface area (TPSA) is 34.9 Å². The first-order valence-electron chi connectivity index (χ1n) is 5.68. The van der Waals surface area contributed by atoms with Crippen molar-refractivity contribution in [3.05, 3.63) is 52.8 Å². The van der Waals surface area contributed by atoms with Gasteiger partial charge in [-0.25, -0.2) is 0 Å². The quantitative estimate of drug-likeness (QED) is 0.757. The van der Waals surface area contributed by atoms with Gasteiger partial charge in [0.2, 0.25) is 0 Å². The SMILES string of the molecule is Cc1nn(CC(=O)c2ccccc2)c(C)c1C. The number of hydrogen-bond donors (Lipinski definition) is 0. The van der Waals surface area contributed by atoms with Gasteiger partial charge in [-0.1, -0.05) is 30.3 Å². The van der Waals surface area contributed by atoms with Gasteiger partial charge in [-0.2, -0.15) is 5.10 Å². The number of aromatic nitrogens is 2. The summed E-state index contributed by atoms with van der Waals surface area (Å²) >= 11 is 0. The molecule has 1 aromatic heterocycles. The van der Waals surface area contributed by atoms with E-state index in [0.29, 0.717) is 6.54 Å². The molecule has 0 saturated heterocycles. The van der Waals surface area contributed by atoms with Crippen molar-refractivity contribution in [1.82, 2.24) is 9.78 Å². The van der Waals surface area contributed by atoms with Crippen LogP contribution in [0.2, 0.25) is 0 Å². The number of Topliss-reactive ketones (excluding diaryl/α,β-unsaturated/α-hetero) is 1. The van der Waals surface area contributed by atoms with Crippen molar-refractivity contribution in [3.63, 3.8) is 0 Å². The van der Waals surface area contributed by atoms with E-state index in [4.69, 9.17) is 0 Å². The Morgan fingerprint density at radius 3 is 2.35 bits per heavy atom. The molecular formula is C14H16N2O. The van der Waals surface area contributed by atoms with Crippen molar-refractivity contribution in [3.8, 4) is 0 Å². The molecule has 3 heteroatoms. The molecule has 0 N–H and O–H groups in total. The molecule has 2 aromatic rings. The highest BCUT2D eigenvalue weighted by atomic mass is 16.1. The highest BCUT2D eigenvalue weighted by molar-refractivity contribution is 5.95. The molecule has 0 aliphatic heterocycles. The Morgan fingerprint density at radius 2 is 1.82 bits per heavy atom. The number of carbonyl (C=O) groups excluding carboxylic acids is 1. The van der Waals surface area contributed by atoms with E-state index in [1.165, 1.54) is 0 Å². The summed E-state index contributed by atoms with van der Waals surface area (Å²) < 4.78 is 1.78. The smallest absolute Gasteiger partial charge is 0.184 e. The summed E-state index contributed by atoms with van der Waals surface area (Å²) in [4.78, 5) is 12.0. The Morgan fingerprint density at radius 1 is 1.18 bits per heavy atom. The Labute approximate surface area is 101 Å². The van der Waals surface area contributed by atoms with Crippen molar-refractivity contribution in [2.75, 3.05) is 0 Å². The van der Waals surface area contributed by atoms with Gasteiger partial charge in [0.05, 0.1) is 5.69 Å². The average molecular weight is 228 g/mol. The maximum Gasteiger partial charge on any atom is 0.184 e. The van der Waals surface area contributed by atoms with E-state index in [-0.39, 0.29) is 5.78 Å². The van der Waals surface area contributed by atoms with Crippen LogP contribution < -0.4 is 0 Å². The second kappa shape index (κ2) is 4.53. The lowest BCUT2D eigenvalue weighted by molar-refractivity contribution is 0.0966. The van der Waals surface area contributed by atoms with Gasteiger partial charge in [0.25, 0.3) is 0 Å². The third kappa shape index (κ3) is 2.28. The first-order chi connectivity index (χ1) is 8.09. The molecule has 88 valence electrons. The number of carbonyl (C=O) groups is 1. The first kappa shape index (κ1) is 11.6. The summed E-state index contributed by atoms with van der Waals surface area (Å²) in [7, 11) is 0. The lowest BCUT2D eigenvalue weighted by atomic mass is 10.1. The molecule has 3 nitrogen and oxygen atoms in total. The van der Waals surface area contributed by atoms with Crippen LogP contribution in [-0.4, -0.2) is 15.6 Å². The Bertz CT molecular complexity index is 541. The first-order valence-corrected chi connectivity index (χ1v) is 5.68. The third-order valence-corrected chi connectivity index (χ3v) is 3.13. The molecule has 0 spiro atoms. The fraction of sp³-hybridized carbons (Fsp3) is 0.286. The number of ketones is 1. The van der Waals surface area contributed by atoms with E-state index in [1.54, 1.807) is 4.68 Å². The standard InChI is InChI=1S/C14H16N2O/c1-10-11(2)15-16(12(10)3)9-14(17)13-7-5-4-6-8-13/h4-8H,9H2,1-3H3. The Balaban J connectivity index is 2.22. The maximum atomic E-state index is 12.0. The number of rotatable bonds is 3. The lowest BCUT2D eigenvalue weighted by Crippen LogP contribution is -2.13. The monoisotopic (exact) mass is 228 g/mol. The minimum Gasteiger partial charge on any atom is -0.292 e. The molecule has 0 aliphatic rings. The Kier molecular flexibility index (Phi) is 3.09. The van der Waals surface area contributed by atoms with Gasteiger partial charge < -0.3 is 0 Å². The van der Waals surface area contributed by atoms with E-state index in [1.807, 2.05) is 51.1 Å². The van der Waals surface area contributed by atoms with Crippen molar-refractivity contribution >= 4 is 5.78 Å². The number of nitrogens with zero attached hydrogens (tertiary/aromatic N) is 2. The third-order valence-electron chi connectivity index (χ3n) is 3.13. The van der Waals surface area contributed by atoms with Crippen LogP contribution in [0.5, 0.6) is 0 Å². The van der Waals surface area contributed by atoms with E-state index < -0.39 is 0 Å². The molecular weight excluding hydrogens is 212 g/mol. The Hall–Kier alpha value is -1.90. The van der Waals surface area contributed by atoms with Crippen LogP contribution in [0.15, 0.2) is 30.3 Å². The molecule has 0 atom stereocenters. The van der Waals surface area contributed by atoms with Crippen molar-refractivity contribution in [2.24, 2.45) is 0 Å². The van der Waals surface area contributed by atoms with Gasteiger partial charge in [0.15, 0.2) is 5.78 Å². The lowest BCUT2D eigenvalue weighted by Gasteiger charge is -2.04. The van der Waals surface area contributed by atoms with Crippen LogP contribution in [0.25, 0.3) is 0 Å². The number of hydrogen-bond acceptors (Lipinski definition) is 2. The zero-order valence-electron chi connectivity index (χ0n) is 10.4. The summed E-state index contributed by atoms with van der Waals surface area (Å²) in [5.41, 5.74) is 3.94. The summed E-state index contributed by atoms with van der Waals surface area (Å²) in [5.74, 6) is 0.0937. The normalized spacial score (nSPS) is 10.5. The molecule has 0 unspecified atom stereocenters. The molecule has 0 amide bonds. The second-order valence-electron chi connectivity index (χ2n) is 4.24. The molecule has 0 bridgehead atoms. The highest BCUT2D eigenvalue weighted by Crippen LogP contribution is 2.12. The van der Waals surface area contributed by atoms with Crippen LogP contribution in [0, 0.1) is 20.8 Å². The van der Waals surface area contributed by atoms with Crippen LogP contribution in [0.1, 0.15) is 27.3 Å². The molecule has 2 rings (SSSR count). The minimum absolute atomic E-state index is 0.0937. The van der Waals surface area contributed by atoms with Crippen LogP contribution in [0.4, 0.5) is 0 Å². The maximum absolute atomic E-state index is 12.0. The molecule has 0 radical (unpaired) electrons. The number of benzene rings is 1. The number of aryl methyl sites for hydroxylation is 1. The summed E-state index contributed by atoms with van der Waals surface area (Å²) in [6, 6.07) is 9.32. The minimum atomic E-state index is 0.0937. The fourth-order valence-corrected chi connectivity index (χ4v) is 1.79. The molecule has 1 heterocycles. The summed E-state index contributed by atoms with van der Waals surface area (Å²) in [6.45, 7) is 6.30. The van der Waals surface area contributed by atoms with Crippen molar-refractivity contribution in [2.45, 2.75) is 27.3 Å². The van der Waals surface area contributed by atoms with Crippen LogP contribution >= 0.6 is 0 Å². The predicted octanol–water partition coefficient (Wildman–Crippen LogP) is 2.69. The van der Waals surface area contributed by atoms with Gasteiger partial charge in [0, 0.05) is 11.3 Å². The van der Waals surface area contributed by atoms with Gasteiger partial charge in [-0.15, -0.1) is 0 Å². The van der Waals surface area contributed by atoms with E-state index >= 15 is 0 Å². The molecule has 1 aromatic carbocycles. The van der Waals surface area contributed by atoms with E-state index in [9.17, 15) is 4.79 Å². The average Bonchev–Trinajstić information content (AvgIpc) is 2.58. The predicted molar refractivity (Wildman–Crippen MR) is 67.2 cm³/mol.